The molecule has 3 nitrogen and oxygen atoms in total. The first kappa shape index (κ1) is 12.3. The maximum absolute atomic E-state index is 12.0. The van der Waals surface area contributed by atoms with Crippen LogP contribution in [0.5, 0.6) is 0 Å². The van der Waals surface area contributed by atoms with Crippen LogP contribution in [0.25, 0.3) is 0 Å². The predicted molar refractivity (Wildman–Crippen MR) is 72.1 cm³/mol. The first-order chi connectivity index (χ1) is 8.81. The molecule has 0 aliphatic carbocycles. The molecule has 18 heavy (non-hydrogen) atoms. The molecule has 2 rings (SSSR count). The second kappa shape index (κ2) is 5.98. The van der Waals surface area contributed by atoms with E-state index >= 15 is 0 Å². The Morgan fingerprint density at radius 2 is 1.56 bits per heavy atom. The highest BCUT2D eigenvalue weighted by Gasteiger charge is 2.13. The smallest absolute Gasteiger partial charge is 0.251 e. The van der Waals surface area contributed by atoms with Gasteiger partial charge in [-0.25, -0.2) is 0 Å². The zero-order valence-corrected chi connectivity index (χ0v) is 10.0. The van der Waals surface area contributed by atoms with E-state index < -0.39 is 0 Å². The molecule has 0 aliphatic heterocycles. The summed E-state index contributed by atoms with van der Waals surface area (Å²) in [6.45, 7) is 0.378. The SMILES string of the molecule is NCC(NC(=O)c1ccccc1)c1ccccc1. The fourth-order valence-electron chi connectivity index (χ4n) is 1.79. The highest BCUT2D eigenvalue weighted by molar-refractivity contribution is 5.94. The third kappa shape index (κ3) is 2.96. The highest BCUT2D eigenvalue weighted by Crippen LogP contribution is 2.12. The average Bonchev–Trinajstić information content (AvgIpc) is 2.46. The van der Waals surface area contributed by atoms with Gasteiger partial charge in [-0.2, -0.15) is 0 Å². The minimum atomic E-state index is -0.154. The maximum Gasteiger partial charge on any atom is 0.251 e. The van der Waals surface area contributed by atoms with Crippen molar-refractivity contribution in [3.05, 3.63) is 71.8 Å². The van der Waals surface area contributed by atoms with Gasteiger partial charge in [-0.3, -0.25) is 4.79 Å². The molecular formula is C15H16N2O. The summed E-state index contributed by atoms with van der Waals surface area (Å²) in [7, 11) is 0. The molecule has 3 N–H and O–H groups in total. The van der Waals surface area contributed by atoms with Crippen molar-refractivity contribution in [3.63, 3.8) is 0 Å². The zero-order valence-electron chi connectivity index (χ0n) is 10.0. The van der Waals surface area contributed by atoms with Crippen LogP contribution in [0.1, 0.15) is 22.0 Å². The zero-order chi connectivity index (χ0) is 12.8. The van der Waals surface area contributed by atoms with E-state index in [1.807, 2.05) is 48.5 Å². The van der Waals surface area contributed by atoms with Gasteiger partial charge in [0.2, 0.25) is 0 Å². The van der Waals surface area contributed by atoms with Gasteiger partial charge in [0.15, 0.2) is 0 Å². The largest absolute Gasteiger partial charge is 0.344 e. The summed E-state index contributed by atoms with van der Waals surface area (Å²) in [4.78, 5) is 12.0. The van der Waals surface area contributed by atoms with Crippen LogP contribution in [0.3, 0.4) is 0 Å². The molecule has 0 fully saturated rings. The van der Waals surface area contributed by atoms with E-state index in [-0.39, 0.29) is 11.9 Å². The van der Waals surface area contributed by atoms with Crippen LogP contribution >= 0.6 is 0 Å². The summed E-state index contributed by atoms with van der Waals surface area (Å²) in [5.41, 5.74) is 7.38. The Hall–Kier alpha value is -2.13. The average molecular weight is 240 g/mol. The van der Waals surface area contributed by atoms with Crippen molar-refractivity contribution in [1.29, 1.82) is 0 Å². The molecule has 1 atom stereocenters. The van der Waals surface area contributed by atoms with E-state index in [2.05, 4.69) is 5.32 Å². The molecule has 0 radical (unpaired) electrons. The number of nitrogens with one attached hydrogen (secondary N) is 1. The van der Waals surface area contributed by atoms with E-state index in [4.69, 9.17) is 5.73 Å². The molecular weight excluding hydrogens is 224 g/mol. The van der Waals surface area contributed by atoms with Gasteiger partial charge in [-0.1, -0.05) is 48.5 Å². The first-order valence-corrected chi connectivity index (χ1v) is 5.92. The Morgan fingerprint density at radius 1 is 1.00 bits per heavy atom. The van der Waals surface area contributed by atoms with Gasteiger partial charge in [0.1, 0.15) is 0 Å². The van der Waals surface area contributed by atoms with Crippen molar-refractivity contribution in [3.8, 4) is 0 Å². The lowest BCUT2D eigenvalue weighted by atomic mass is 10.1. The molecule has 92 valence electrons. The molecule has 1 unspecified atom stereocenters. The number of hydrogen-bond donors (Lipinski definition) is 2. The fraction of sp³-hybridized carbons (Fsp3) is 0.133. The number of carbonyl (C=O) groups is 1. The van der Waals surface area contributed by atoms with Crippen LogP contribution in [0.4, 0.5) is 0 Å². The van der Waals surface area contributed by atoms with Crippen molar-refractivity contribution in [2.24, 2.45) is 5.73 Å². The van der Waals surface area contributed by atoms with Gasteiger partial charge in [0.05, 0.1) is 6.04 Å². The van der Waals surface area contributed by atoms with Crippen LogP contribution in [0.2, 0.25) is 0 Å². The van der Waals surface area contributed by atoms with E-state index in [1.165, 1.54) is 0 Å². The molecule has 3 heteroatoms. The van der Waals surface area contributed by atoms with Crippen LogP contribution < -0.4 is 11.1 Å². The van der Waals surface area contributed by atoms with Gasteiger partial charge < -0.3 is 11.1 Å². The van der Waals surface area contributed by atoms with Crippen molar-refractivity contribution in [2.75, 3.05) is 6.54 Å². The molecule has 0 saturated carbocycles. The van der Waals surface area contributed by atoms with Crippen LogP contribution in [0.15, 0.2) is 60.7 Å². The van der Waals surface area contributed by atoms with E-state index in [0.717, 1.165) is 5.56 Å². The van der Waals surface area contributed by atoms with E-state index in [9.17, 15) is 4.79 Å². The van der Waals surface area contributed by atoms with Crippen molar-refractivity contribution >= 4 is 5.91 Å². The van der Waals surface area contributed by atoms with Crippen LogP contribution in [-0.2, 0) is 0 Å². The van der Waals surface area contributed by atoms with Crippen LogP contribution in [-0.4, -0.2) is 12.5 Å². The number of carbonyl (C=O) groups excluding carboxylic acids is 1. The maximum atomic E-state index is 12.0. The molecule has 2 aromatic carbocycles. The topological polar surface area (TPSA) is 55.1 Å². The summed E-state index contributed by atoms with van der Waals surface area (Å²) < 4.78 is 0. The minimum Gasteiger partial charge on any atom is -0.344 e. The molecule has 0 heterocycles. The van der Waals surface area contributed by atoms with Gasteiger partial charge in [-0.15, -0.1) is 0 Å². The normalized spacial score (nSPS) is 11.8. The molecule has 0 aliphatic rings. The lowest BCUT2D eigenvalue weighted by molar-refractivity contribution is 0.0938. The van der Waals surface area contributed by atoms with Crippen molar-refractivity contribution in [2.45, 2.75) is 6.04 Å². The lowest BCUT2D eigenvalue weighted by Gasteiger charge is -2.17. The fourth-order valence-corrected chi connectivity index (χ4v) is 1.79. The third-order valence-corrected chi connectivity index (χ3v) is 2.78. The van der Waals surface area contributed by atoms with Crippen molar-refractivity contribution in [1.82, 2.24) is 5.32 Å². The molecule has 2 aromatic rings. The first-order valence-electron chi connectivity index (χ1n) is 5.92. The van der Waals surface area contributed by atoms with Gasteiger partial charge in [0, 0.05) is 12.1 Å². The van der Waals surface area contributed by atoms with Gasteiger partial charge in [0.25, 0.3) is 5.91 Å². The molecule has 0 saturated heterocycles. The summed E-state index contributed by atoms with van der Waals surface area (Å²) in [5.74, 6) is -0.102. The highest BCUT2D eigenvalue weighted by atomic mass is 16.1. The Kier molecular flexibility index (Phi) is 4.10. The third-order valence-electron chi connectivity index (χ3n) is 2.78. The summed E-state index contributed by atoms with van der Waals surface area (Å²) in [6.07, 6.45) is 0. The monoisotopic (exact) mass is 240 g/mol. The Morgan fingerprint density at radius 3 is 2.11 bits per heavy atom. The lowest BCUT2D eigenvalue weighted by Crippen LogP contribution is -2.33. The second-order valence-electron chi connectivity index (χ2n) is 4.04. The molecule has 0 spiro atoms. The Balaban J connectivity index is 2.10. The molecule has 0 aromatic heterocycles. The standard InChI is InChI=1S/C15H16N2O/c16-11-14(12-7-3-1-4-8-12)17-15(18)13-9-5-2-6-10-13/h1-10,14H,11,16H2,(H,17,18). The van der Waals surface area contributed by atoms with E-state index in [1.54, 1.807) is 12.1 Å². The van der Waals surface area contributed by atoms with Crippen molar-refractivity contribution < 1.29 is 4.79 Å². The van der Waals surface area contributed by atoms with E-state index in [0.29, 0.717) is 12.1 Å². The molecule has 0 bridgehead atoms. The van der Waals surface area contributed by atoms with Crippen LogP contribution in [0, 0.1) is 0 Å². The summed E-state index contributed by atoms with van der Waals surface area (Å²) >= 11 is 0. The summed E-state index contributed by atoms with van der Waals surface area (Å²) in [6, 6.07) is 18.7. The van der Waals surface area contributed by atoms with Gasteiger partial charge in [-0.05, 0) is 17.7 Å². The van der Waals surface area contributed by atoms with Gasteiger partial charge >= 0.3 is 0 Å². The number of amides is 1. The molecule has 1 amide bonds. The minimum absolute atomic E-state index is 0.102. The second-order valence-corrected chi connectivity index (χ2v) is 4.04. The number of benzene rings is 2. The predicted octanol–water partition coefficient (Wildman–Crippen LogP) is 2.12. The summed E-state index contributed by atoms with van der Waals surface area (Å²) in [5, 5.41) is 2.94. The number of rotatable bonds is 4. The Bertz CT molecular complexity index is 496. The quantitative estimate of drug-likeness (QED) is 0.860. The number of hydrogen-bond acceptors (Lipinski definition) is 2. The number of nitrogens with two attached hydrogens (primary N) is 1. The Labute approximate surface area is 107 Å².